The Balaban J connectivity index is 1.03. The number of hydrogen-bond acceptors (Lipinski definition) is 12. The Morgan fingerprint density at radius 2 is 0.944 bits per heavy atom. The second kappa shape index (κ2) is 23.3. The highest BCUT2D eigenvalue weighted by atomic mass is 33.1. The molecule has 0 fully saturated rings. The fourth-order valence-corrected chi connectivity index (χ4v) is 11.3. The van der Waals surface area contributed by atoms with Crippen molar-refractivity contribution >= 4 is 45.6 Å². The fourth-order valence-electron chi connectivity index (χ4n) is 9.03. The number of benzene rings is 2. The summed E-state index contributed by atoms with van der Waals surface area (Å²) in [6, 6.07) is 29.4. The second-order valence-corrected chi connectivity index (χ2v) is 22.5. The molecule has 0 spiro atoms. The van der Waals surface area contributed by atoms with Crippen LogP contribution in [0.15, 0.2) is 122 Å². The van der Waals surface area contributed by atoms with E-state index < -0.39 is 35.5 Å². The lowest BCUT2D eigenvalue weighted by Gasteiger charge is -2.38. The number of hydrogen-bond donors (Lipinski definition) is 2. The first-order chi connectivity index (χ1) is 34.6. The number of pyridine rings is 2. The van der Waals surface area contributed by atoms with Gasteiger partial charge in [-0.3, -0.25) is 28.9 Å². The van der Waals surface area contributed by atoms with Gasteiger partial charge in [-0.15, -0.1) is 0 Å². The van der Waals surface area contributed by atoms with E-state index in [9.17, 15) is 9.59 Å². The topological polar surface area (TPSA) is 179 Å². The first kappa shape index (κ1) is 51.7. The molecule has 2 unspecified atom stereocenters. The summed E-state index contributed by atoms with van der Waals surface area (Å²) >= 11 is 0. The first-order valence-corrected chi connectivity index (χ1v) is 27.0. The van der Waals surface area contributed by atoms with E-state index in [1.807, 2.05) is 92.0 Å². The molecule has 8 rings (SSSR count). The molecule has 0 bridgehead atoms. The number of fused-ring (bicyclic) bond motifs is 2. The molecule has 4 atom stereocenters. The van der Waals surface area contributed by atoms with Crippen molar-refractivity contribution in [1.82, 2.24) is 50.0 Å². The minimum atomic E-state index is -1.00. The monoisotopic (exact) mass is 1010 g/mol. The minimum absolute atomic E-state index is 0.139. The predicted molar refractivity (Wildman–Crippen MR) is 281 cm³/mol. The summed E-state index contributed by atoms with van der Waals surface area (Å²) in [5, 5.41) is 15.7. The lowest BCUT2D eigenvalue weighted by atomic mass is 9.98. The SMILES string of the molecule is CC(C)(C)OC(=O)N[C@@H](CSSC[C@H](NC(=O)OC(C)(C)C)C(=O)N1CCn2nc(-c3ccncc3)cc2C1CCc1ccccc1)C(=O)N1CCn2nc(-c3ccncc3)cc2C1CCc1ccccc1. The summed E-state index contributed by atoms with van der Waals surface area (Å²) in [6.07, 6.45) is 8.16. The van der Waals surface area contributed by atoms with E-state index in [1.54, 1.807) is 66.3 Å². The fraction of sp³-hybridized carbons (Fsp3) is 0.407. The summed E-state index contributed by atoms with van der Waals surface area (Å²) < 4.78 is 15.4. The van der Waals surface area contributed by atoms with Crippen molar-refractivity contribution in [3.63, 3.8) is 0 Å². The van der Waals surface area contributed by atoms with Crippen LogP contribution in [0, 0.1) is 0 Å². The zero-order valence-electron chi connectivity index (χ0n) is 41.8. The average Bonchev–Trinajstić information content (AvgIpc) is 4.01. The highest BCUT2D eigenvalue weighted by molar-refractivity contribution is 8.76. The number of carbonyl (C=O) groups is 4. The highest BCUT2D eigenvalue weighted by Crippen LogP contribution is 2.36. The number of nitrogens with one attached hydrogen (secondary N) is 2. The van der Waals surface area contributed by atoms with Crippen molar-refractivity contribution in [2.24, 2.45) is 0 Å². The number of rotatable bonds is 17. The molecule has 6 heterocycles. The zero-order valence-corrected chi connectivity index (χ0v) is 43.4. The molecule has 0 radical (unpaired) electrons. The molecule has 18 heteroatoms. The van der Waals surface area contributed by atoms with E-state index in [0.29, 0.717) is 51.9 Å². The van der Waals surface area contributed by atoms with Gasteiger partial charge >= 0.3 is 12.2 Å². The van der Waals surface area contributed by atoms with Gasteiger partial charge < -0.3 is 29.9 Å². The second-order valence-electron chi connectivity index (χ2n) is 19.9. The number of aromatic nitrogens is 6. The van der Waals surface area contributed by atoms with E-state index in [2.05, 4.69) is 44.9 Å². The maximum atomic E-state index is 15.1. The van der Waals surface area contributed by atoms with Crippen LogP contribution in [-0.2, 0) is 45.0 Å². The quantitative estimate of drug-likeness (QED) is 0.0655. The van der Waals surface area contributed by atoms with Crippen molar-refractivity contribution in [3.8, 4) is 22.5 Å². The molecule has 378 valence electrons. The van der Waals surface area contributed by atoms with Gasteiger partial charge in [-0.25, -0.2) is 9.59 Å². The van der Waals surface area contributed by atoms with Crippen LogP contribution in [0.2, 0.25) is 0 Å². The van der Waals surface area contributed by atoms with Crippen molar-refractivity contribution < 1.29 is 28.7 Å². The lowest BCUT2D eigenvalue weighted by Crippen LogP contribution is -2.54. The lowest BCUT2D eigenvalue weighted by molar-refractivity contribution is -0.137. The summed E-state index contributed by atoms with van der Waals surface area (Å²) in [6.45, 7) is 12.3. The Hall–Kier alpha value is -6.66. The number of nitrogens with zero attached hydrogens (tertiary/aromatic N) is 8. The molecule has 2 aromatic carbocycles. The van der Waals surface area contributed by atoms with E-state index in [-0.39, 0.29) is 35.4 Å². The van der Waals surface area contributed by atoms with Gasteiger partial charge in [0.1, 0.15) is 23.3 Å². The largest absolute Gasteiger partial charge is 0.444 e. The Kier molecular flexibility index (Phi) is 16.7. The third-order valence-electron chi connectivity index (χ3n) is 12.3. The maximum absolute atomic E-state index is 15.1. The van der Waals surface area contributed by atoms with Crippen LogP contribution < -0.4 is 10.6 Å². The smallest absolute Gasteiger partial charge is 0.408 e. The molecule has 4 amide bonds. The molecular formula is C54H64N10O6S2. The van der Waals surface area contributed by atoms with Gasteiger partial charge in [0.2, 0.25) is 11.8 Å². The number of ether oxygens (including phenoxy) is 2. The number of alkyl carbamates (subject to hydrolysis) is 2. The van der Waals surface area contributed by atoms with Crippen molar-refractivity contribution in [2.75, 3.05) is 24.6 Å². The molecule has 6 aromatic rings. The summed E-state index contributed by atoms with van der Waals surface area (Å²) in [5.74, 6) is -0.247. The molecule has 2 aliphatic heterocycles. The predicted octanol–water partition coefficient (Wildman–Crippen LogP) is 9.10. The number of carbonyl (C=O) groups excluding carboxylic acids is 4. The van der Waals surface area contributed by atoms with Gasteiger partial charge in [-0.1, -0.05) is 82.3 Å². The van der Waals surface area contributed by atoms with E-state index in [4.69, 9.17) is 19.7 Å². The Morgan fingerprint density at radius 1 is 0.569 bits per heavy atom. The highest BCUT2D eigenvalue weighted by Gasteiger charge is 2.39. The van der Waals surface area contributed by atoms with E-state index in [1.165, 1.54) is 21.6 Å². The molecule has 0 saturated heterocycles. The van der Waals surface area contributed by atoms with Crippen LogP contribution >= 0.6 is 21.6 Å². The van der Waals surface area contributed by atoms with Crippen molar-refractivity contribution in [1.29, 1.82) is 0 Å². The summed E-state index contributed by atoms with van der Waals surface area (Å²) in [4.78, 5) is 69.3. The maximum Gasteiger partial charge on any atom is 0.408 e. The molecular weight excluding hydrogens is 949 g/mol. The molecule has 2 N–H and O–H groups in total. The van der Waals surface area contributed by atoms with Gasteiger partial charge in [0.15, 0.2) is 0 Å². The van der Waals surface area contributed by atoms with Crippen molar-refractivity contribution in [3.05, 3.63) is 144 Å². The summed E-state index contributed by atoms with van der Waals surface area (Å²) in [7, 11) is 2.67. The van der Waals surface area contributed by atoms with Crippen LogP contribution in [0.5, 0.6) is 0 Å². The van der Waals surface area contributed by atoms with Crippen molar-refractivity contribution in [2.45, 2.75) is 116 Å². The van der Waals surface area contributed by atoms with Gasteiger partial charge in [0.25, 0.3) is 0 Å². The normalized spacial score (nSPS) is 16.5. The van der Waals surface area contributed by atoms with E-state index >= 15 is 9.59 Å². The molecule has 16 nitrogen and oxygen atoms in total. The standard InChI is InChI=1S/C54H64N10O6S2/c1-53(2,3)69-51(67)57-43(49(65)61-29-31-63-47(33-41(59-63)39-21-25-55-26-22-39)45(61)19-17-37-13-9-7-10-14-37)35-71-72-36-44(58-52(68)70-54(4,5)6)50(66)62-30-32-64-48(34-42(60-64)40-23-27-56-28-24-40)46(62)20-18-38-15-11-8-12-16-38/h7-16,21-28,33-34,43-46H,17-20,29-32,35-36H2,1-6H3,(H,57,67)(H,58,68)/t43-,44-,45?,46?/m0/s1. The van der Waals surface area contributed by atoms with Crippen LogP contribution in [0.1, 0.15) is 89.0 Å². The Morgan fingerprint density at radius 3 is 1.31 bits per heavy atom. The summed E-state index contributed by atoms with van der Waals surface area (Å²) in [5.41, 5.74) is 5.89. The van der Waals surface area contributed by atoms with Gasteiger partial charge in [0.05, 0.1) is 47.9 Å². The minimum Gasteiger partial charge on any atom is -0.444 e. The molecule has 0 saturated carbocycles. The van der Waals surface area contributed by atoms with Crippen LogP contribution in [0.3, 0.4) is 0 Å². The van der Waals surface area contributed by atoms with Crippen LogP contribution in [-0.4, -0.2) is 111 Å². The molecule has 4 aromatic heterocycles. The van der Waals surface area contributed by atoms with Crippen LogP contribution in [0.4, 0.5) is 9.59 Å². The first-order valence-electron chi connectivity index (χ1n) is 24.5. The van der Waals surface area contributed by atoms with E-state index in [0.717, 1.165) is 45.0 Å². The average molecular weight is 1010 g/mol. The Bertz CT molecular complexity index is 2580. The van der Waals surface area contributed by atoms with Gasteiger partial charge in [-0.05, 0) is 115 Å². The zero-order chi connectivity index (χ0) is 50.8. The van der Waals surface area contributed by atoms with Gasteiger partial charge in [-0.2, -0.15) is 10.2 Å². The number of amides is 4. The molecule has 2 aliphatic rings. The van der Waals surface area contributed by atoms with Gasteiger partial charge in [0, 0.05) is 60.5 Å². The Labute approximate surface area is 429 Å². The molecule has 72 heavy (non-hydrogen) atoms. The third-order valence-corrected chi connectivity index (χ3v) is 14.7. The third kappa shape index (κ3) is 13.6. The molecule has 0 aliphatic carbocycles. The van der Waals surface area contributed by atoms with Crippen LogP contribution in [0.25, 0.3) is 22.5 Å². The number of aryl methyl sites for hydroxylation is 2.